The van der Waals surface area contributed by atoms with Crippen LogP contribution in [0.1, 0.15) is 17.5 Å². The average Bonchev–Trinajstić information content (AvgIpc) is 3.29. The first-order valence-corrected chi connectivity index (χ1v) is 10.8. The molecule has 2 aromatic heterocycles. The fourth-order valence-electron chi connectivity index (χ4n) is 3.74. The van der Waals surface area contributed by atoms with Crippen LogP contribution in [0.5, 0.6) is 0 Å². The first-order chi connectivity index (χ1) is 16.4. The van der Waals surface area contributed by atoms with Gasteiger partial charge in [-0.05, 0) is 24.6 Å². The van der Waals surface area contributed by atoms with Gasteiger partial charge in [0.2, 0.25) is 0 Å². The molecule has 4 N–H and O–H groups in total. The highest BCUT2D eigenvalue weighted by atomic mass is 35.5. The van der Waals surface area contributed by atoms with E-state index in [1.165, 1.54) is 29.1 Å². The predicted molar refractivity (Wildman–Crippen MR) is 125 cm³/mol. The number of hydrogen-bond donors (Lipinski definition) is 4. The van der Waals surface area contributed by atoms with Crippen LogP contribution < -0.4 is 16.2 Å². The molecule has 1 atom stereocenters. The zero-order chi connectivity index (χ0) is 24.3. The number of aromatic nitrogens is 2. The van der Waals surface area contributed by atoms with Crippen molar-refractivity contribution in [3.8, 4) is 5.69 Å². The van der Waals surface area contributed by atoms with Crippen molar-refractivity contribution in [2.75, 3.05) is 30.5 Å². The molecule has 4 rings (SSSR count). The summed E-state index contributed by atoms with van der Waals surface area (Å²) in [7, 11) is 0. The van der Waals surface area contributed by atoms with Gasteiger partial charge in [-0.15, -0.1) is 0 Å². The van der Waals surface area contributed by atoms with Gasteiger partial charge in [-0.25, -0.2) is 13.8 Å². The lowest BCUT2D eigenvalue weighted by Crippen LogP contribution is -2.43. The topological polar surface area (TPSA) is 112 Å². The van der Waals surface area contributed by atoms with Gasteiger partial charge in [0.05, 0.1) is 46.9 Å². The number of nitrogens with zero attached hydrogens (tertiary/aromatic N) is 2. The molecule has 1 saturated heterocycles. The third-order valence-electron chi connectivity index (χ3n) is 5.69. The molecule has 1 aliphatic rings. The highest BCUT2D eigenvalue weighted by molar-refractivity contribution is 6.32. The van der Waals surface area contributed by atoms with Gasteiger partial charge in [0.1, 0.15) is 17.5 Å². The molecule has 1 unspecified atom stereocenters. The Balaban J connectivity index is 1.65. The number of benzene rings is 1. The largest absolute Gasteiger partial charge is 0.394 e. The number of rotatable bonds is 8. The Kier molecular flexibility index (Phi) is 6.92. The molecule has 1 aliphatic heterocycles. The van der Waals surface area contributed by atoms with Crippen LogP contribution >= 0.6 is 11.6 Å². The van der Waals surface area contributed by atoms with Crippen molar-refractivity contribution >= 4 is 29.3 Å². The summed E-state index contributed by atoms with van der Waals surface area (Å²) in [5, 5.41) is 23.7. The fraction of sp³-hybridized carbons (Fsp3) is 0.261. The van der Waals surface area contributed by atoms with E-state index in [-0.39, 0.29) is 35.0 Å². The molecule has 0 bridgehead atoms. The van der Waals surface area contributed by atoms with Crippen molar-refractivity contribution in [2.45, 2.75) is 18.5 Å². The number of anilines is 2. The second-order valence-corrected chi connectivity index (χ2v) is 8.31. The summed E-state index contributed by atoms with van der Waals surface area (Å²) in [6, 6.07) is 6.64. The summed E-state index contributed by atoms with van der Waals surface area (Å²) in [6.07, 6.45) is 4.28. The Bertz CT molecular complexity index is 1260. The molecule has 11 heteroatoms. The summed E-state index contributed by atoms with van der Waals surface area (Å²) in [5.74, 6) is -1.04. The minimum absolute atomic E-state index is 0.0161. The van der Waals surface area contributed by atoms with Crippen LogP contribution in [0.4, 0.5) is 20.3 Å². The van der Waals surface area contributed by atoms with E-state index in [0.29, 0.717) is 31.1 Å². The maximum atomic E-state index is 13.9. The van der Waals surface area contributed by atoms with Crippen LogP contribution in [0.25, 0.3) is 5.69 Å². The smallest absolute Gasteiger partial charge is 0.266 e. The van der Waals surface area contributed by atoms with Crippen LogP contribution in [0.3, 0.4) is 0 Å². The lowest BCUT2D eigenvalue weighted by Gasteiger charge is -2.27. The lowest BCUT2D eigenvalue weighted by molar-refractivity contribution is 0.152. The normalized spacial score (nSPS) is 17.5. The number of aliphatic hydroxyl groups is 1. The number of pyridine rings is 2. The molecule has 0 spiro atoms. The highest BCUT2D eigenvalue weighted by Gasteiger charge is 2.34. The minimum atomic E-state index is -0.714. The summed E-state index contributed by atoms with van der Waals surface area (Å²) in [5.41, 5.74) is -0.884. The number of halogens is 3. The van der Waals surface area contributed by atoms with Crippen LogP contribution in [0, 0.1) is 17.0 Å². The quantitative estimate of drug-likeness (QED) is 0.361. The molecule has 178 valence electrons. The molecule has 1 aromatic carbocycles. The molecule has 0 amide bonds. The van der Waals surface area contributed by atoms with E-state index in [9.17, 15) is 18.7 Å². The number of ether oxygens (including phenoxy) is 1. The zero-order valence-electron chi connectivity index (χ0n) is 17.9. The van der Waals surface area contributed by atoms with E-state index in [1.54, 1.807) is 6.07 Å². The summed E-state index contributed by atoms with van der Waals surface area (Å²) in [4.78, 5) is 17.4. The average molecular weight is 490 g/mol. The van der Waals surface area contributed by atoms with Gasteiger partial charge in [-0.1, -0.05) is 17.7 Å². The lowest BCUT2D eigenvalue weighted by atomic mass is 10.0. The Hall–Kier alpha value is -3.34. The first kappa shape index (κ1) is 23.8. The predicted octanol–water partition coefficient (Wildman–Crippen LogP) is 3.34. The monoisotopic (exact) mass is 489 g/mol. The Labute approximate surface area is 198 Å². The van der Waals surface area contributed by atoms with Crippen LogP contribution in [-0.2, 0) is 11.3 Å². The van der Waals surface area contributed by atoms with Gasteiger partial charge in [-0.2, -0.15) is 0 Å². The van der Waals surface area contributed by atoms with Gasteiger partial charge in [0, 0.05) is 37.2 Å². The van der Waals surface area contributed by atoms with Crippen molar-refractivity contribution in [1.29, 1.82) is 5.41 Å². The maximum Gasteiger partial charge on any atom is 0.266 e. The Morgan fingerprint density at radius 1 is 1.32 bits per heavy atom. The number of nitrogens with one attached hydrogen (secondary N) is 3. The second-order valence-electron chi connectivity index (χ2n) is 7.90. The number of hydrogen-bond acceptors (Lipinski definition) is 7. The van der Waals surface area contributed by atoms with Gasteiger partial charge < -0.3 is 25.9 Å². The standard InChI is InChI=1S/C23H22ClF2N5O3/c24-16-11-29-21(30-23(12-32)5-7-34-13-23)8-20(16)31-6-4-19(14(9-27)22(31)33)28-10-15-17(25)2-1-3-18(15)26/h1-4,6,8-9,11,27-28,32H,5,7,10,12-13H2,(H,29,30). The van der Waals surface area contributed by atoms with Gasteiger partial charge in [0.15, 0.2) is 0 Å². The molecule has 0 aliphatic carbocycles. The molecule has 0 radical (unpaired) electrons. The maximum absolute atomic E-state index is 13.9. The first-order valence-electron chi connectivity index (χ1n) is 10.4. The van der Waals surface area contributed by atoms with Gasteiger partial charge in [0.25, 0.3) is 5.56 Å². The zero-order valence-corrected chi connectivity index (χ0v) is 18.7. The second kappa shape index (κ2) is 9.88. The van der Waals surface area contributed by atoms with Crippen LogP contribution in [0.2, 0.25) is 5.02 Å². The van der Waals surface area contributed by atoms with Crippen molar-refractivity contribution < 1.29 is 18.6 Å². The van der Waals surface area contributed by atoms with E-state index in [4.69, 9.17) is 21.7 Å². The molecule has 34 heavy (non-hydrogen) atoms. The molecule has 1 fully saturated rings. The summed E-state index contributed by atoms with van der Waals surface area (Å²) in [6.45, 7) is 0.442. The van der Waals surface area contributed by atoms with Gasteiger partial charge >= 0.3 is 0 Å². The van der Waals surface area contributed by atoms with Crippen molar-refractivity contribution in [3.05, 3.63) is 80.9 Å². The summed E-state index contributed by atoms with van der Waals surface area (Å²) < 4.78 is 34.5. The van der Waals surface area contributed by atoms with E-state index < -0.39 is 22.7 Å². The molecule has 3 aromatic rings. The van der Waals surface area contributed by atoms with E-state index >= 15 is 0 Å². The SMILES string of the molecule is N=Cc1c(NCc2c(F)cccc2F)ccn(-c2cc(NC3(CO)CCOC3)ncc2Cl)c1=O. The van der Waals surface area contributed by atoms with Crippen molar-refractivity contribution in [1.82, 2.24) is 9.55 Å². The molecule has 8 nitrogen and oxygen atoms in total. The summed E-state index contributed by atoms with van der Waals surface area (Å²) >= 11 is 6.32. The molecular formula is C23H22ClF2N5O3. The number of aliphatic hydroxyl groups excluding tert-OH is 1. The third kappa shape index (κ3) is 4.65. The van der Waals surface area contributed by atoms with Crippen LogP contribution in [-0.4, -0.2) is 46.2 Å². The van der Waals surface area contributed by atoms with Crippen LogP contribution in [0.15, 0.2) is 47.5 Å². The molecule has 0 saturated carbocycles. The van der Waals surface area contributed by atoms with Crippen molar-refractivity contribution in [3.63, 3.8) is 0 Å². The third-order valence-corrected chi connectivity index (χ3v) is 5.98. The van der Waals surface area contributed by atoms with Crippen molar-refractivity contribution in [2.24, 2.45) is 0 Å². The van der Waals surface area contributed by atoms with E-state index in [1.807, 2.05) is 0 Å². The molecular weight excluding hydrogens is 468 g/mol. The Morgan fingerprint density at radius 2 is 2.09 bits per heavy atom. The fourth-order valence-corrected chi connectivity index (χ4v) is 3.94. The van der Waals surface area contributed by atoms with Gasteiger partial charge in [-0.3, -0.25) is 9.36 Å². The molecule has 3 heterocycles. The Morgan fingerprint density at radius 3 is 2.74 bits per heavy atom. The van der Waals surface area contributed by atoms with E-state index in [2.05, 4.69) is 15.6 Å². The highest BCUT2D eigenvalue weighted by Crippen LogP contribution is 2.27. The minimum Gasteiger partial charge on any atom is -0.394 e. The van der Waals surface area contributed by atoms with E-state index in [0.717, 1.165) is 18.3 Å².